The van der Waals surface area contributed by atoms with E-state index in [1.807, 2.05) is 0 Å². The molecule has 15 heteroatoms. The number of benzene rings is 1. The highest BCUT2D eigenvalue weighted by atomic mass is 19.4. The highest BCUT2D eigenvalue weighted by molar-refractivity contribution is 5.90. The lowest BCUT2D eigenvalue weighted by molar-refractivity contribution is -0.257. The van der Waals surface area contributed by atoms with Crippen LogP contribution >= 0.6 is 0 Å². The predicted octanol–water partition coefficient (Wildman–Crippen LogP) is -1.96. The zero-order valence-electron chi connectivity index (χ0n) is 16.0. The van der Waals surface area contributed by atoms with Gasteiger partial charge in [0.2, 0.25) is 5.79 Å². The van der Waals surface area contributed by atoms with Gasteiger partial charge in [-0.1, -0.05) is 0 Å². The van der Waals surface area contributed by atoms with Crippen molar-refractivity contribution in [2.24, 2.45) is 21.5 Å². The molecule has 3 aliphatic rings. The number of rotatable bonds is 3. The minimum Gasteiger partial charge on any atom is -0.451 e. The summed E-state index contributed by atoms with van der Waals surface area (Å²) >= 11 is 0. The summed E-state index contributed by atoms with van der Waals surface area (Å²) in [5, 5.41) is 34.2. The molecule has 3 aliphatic heterocycles. The summed E-state index contributed by atoms with van der Waals surface area (Å²) in [6.45, 7) is -1.05. The van der Waals surface area contributed by atoms with E-state index in [1.54, 1.807) is 0 Å². The van der Waals surface area contributed by atoms with Gasteiger partial charge in [0.05, 0.1) is 24.3 Å². The number of esters is 1. The minimum atomic E-state index is -4.93. The fourth-order valence-corrected chi connectivity index (χ4v) is 4.24. The van der Waals surface area contributed by atoms with Crippen molar-refractivity contribution in [3.8, 4) is 0 Å². The lowest BCUT2D eigenvalue weighted by Gasteiger charge is -2.48. The Morgan fingerprint density at radius 2 is 1.97 bits per heavy atom. The Balaban J connectivity index is 1.67. The topological polar surface area (TPSA) is 179 Å². The highest BCUT2D eigenvalue weighted by Gasteiger charge is 2.74. The van der Waals surface area contributed by atoms with E-state index in [-0.39, 0.29) is 18.0 Å². The number of alkyl halides is 3. The van der Waals surface area contributed by atoms with Gasteiger partial charge in [0.15, 0.2) is 23.7 Å². The van der Waals surface area contributed by atoms with Crippen LogP contribution in [0.4, 0.5) is 17.6 Å². The molecule has 3 heterocycles. The number of aliphatic hydroxyl groups excluding tert-OH is 1. The molecule has 0 aromatic heterocycles. The number of carbonyl (C=O) groups excluding carboxylic acids is 1. The normalized spacial score (nSPS) is 30.7. The molecule has 0 bridgehead atoms. The first-order valence-corrected chi connectivity index (χ1v) is 9.18. The summed E-state index contributed by atoms with van der Waals surface area (Å²) < 4.78 is 57.6. The van der Waals surface area contributed by atoms with Crippen LogP contribution in [0.15, 0.2) is 28.2 Å². The van der Waals surface area contributed by atoms with E-state index in [1.165, 1.54) is 0 Å². The predicted molar refractivity (Wildman–Crippen MR) is 98.3 cm³/mol. The molecule has 1 saturated heterocycles. The molecule has 0 amide bonds. The van der Waals surface area contributed by atoms with Gasteiger partial charge >= 0.3 is 12.1 Å². The van der Waals surface area contributed by atoms with Crippen molar-refractivity contribution in [2.75, 3.05) is 13.2 Å². The maximum atomic E-state index is 13.7. The zero-order valence-corrected chi connectivity index (χ0v) is 16.0. The summed E-state index contributed by atoms with van der Waals surface area (Å²) in [5.41, 5.74) is 7.39. The number of hydrogen-bond acceptors (Lipinski definition) is 11. The lowest BCUT2D eigenvalue weighted by atomic mass is 9.86. The standard InChI is InChI=1S/C17H18F4N6O5/c18-8-2-6(1-7(3-8)17(19,20)21)12(29)32-10-4-27-14(23)24-9(5-28)11-15(27,16(10,30)31)26-13(22)25-11/h1-3,9-11,28,30-31H,4-5H2,(H2,23,24)(H3,22,25,26)/t9-,10-,11?,15-/m0/s1. The minimum absolute atomic E-state index is 0.202. The van der Waals surface area contributed by atoms with Gasteiger partial charge < -0.3 is 41.7 Å². The Bertz CT molecular complexity index is 1030. The third-order valence-corrected chi connectivity index (χ3v) is 5.65. The summed E-state index contributed by atoms with van der Waals surface area (Å²) in [6, 6.07) is -1.09. The first kappa shape index (κ1) is 22.0. The Morgan fingerprint density at radius 3 is 2.59 bits per heavy atom. The molecule has 0 radical (unpaired) electrons. The number of carbonyl (C=O) groups is 1. The van der Waals surface area contributed by atoms with Crippen molar-refractivity contribution in [3.63, 3.8) is 0 Å². The largest absolute Gasteiger partial charge is 0.451 e. The highest BCUT2D eigenvalue weighted by Crippen LogP contribution is 2.45. The third kappa shape index (κ3) is 3.03. The second-order valence-electron chi connectivity index (χ2n) is 7.54. The van der Waals surface area contributed by atoms with Crippen molar-refractivity contribution < 1.29 is 42.4 Å². The van der Waals surface area contributed by atoms with E-state index in [9.17, 15) is 37.7 Å². The van der Waals surface area contributed by atoms with Gasteiger partial charge in [-0.25, -0.2) is 19.2 Å². The zero-order chi connectivity index (χ0) is 23.6. The molecule has 1 aromatic carbocycles. The van der Waals surface area contributed by atoms with Crippen LogP contribution in [0.5, 0.6) is 0 Å². The molecule has 4 atom stereocenters. The second-order valence-corrected chi connectivity index (χ2v) is 7.54. The van der Waals surface area contributed by atoms with Gasteiger partial charge in [0.1, 0.15) is 17.9 Å². The van der Waals surface area contributed by atoms with E-state index in [0.29, 0.717) is 12.1 Å². The molecule has 0 saturated carbocycles. The molecule has 11 nitrogen and oxygen atoms in total. The van der Waals surface area contributed by atoms with Crippen LogP contribution in [-0.2, 0) is 10.9 Å². The number of nitrogens with two attached hydrogens (primary N) is 2. The first-order chi connectivity index (χ1) is 14.8. The molecule has 174 valence electrons. The number of nitrogens with zero attached hydrogens (tertiary/aromatic N) is 3. The Labute approximate surface area is 177 Å². The third-order valence-electron chi connectivity index (χ3n) is 5.65. The van der Waals surface area contributed by atoms with Crippen LogP contribution in [-0.4, -0.2) is 80.9 Å². The number of nitrogens with one attached hydrogen (secondary N) is 1. The van der Waals surface area contributed by atoms with Gasteiger partial charge in [0, 0.05) is 0 Å². The molecule has 32 heavy (non-hydrogen) atoms. The van der Waals surface area contributed by atoms with Gasteiger partial charge in [-0.2, -0.15) is 13.2 Å². The summed E-state index contributed by atoms with van der Waals surface area (Å²) in [7, 11) is 0. The van der Waals surface area contributed by atoms with Crippen LogP contribution in [0, 0.1) is 5.82 Å². The molecule has 4 rings (SSSR count). The Kier molecular flexibility index (Phi) is 4.76. The fourth-order valence-electron chi connectivity index (χ4n) is 4.24. The molecule has 1 spiro atoms. The monoisotopic (exact) mass is 462 g/mol. The molecule has 8 N–H and O–H groups in total. The molecule has 1 aromatic rings. The quantitative estimate of drug-likeness (QED) is 0.169. The van der Waals surface area contributed by atoms with E-state index >= 15 is 0 Å². The molecular formula is C17H18F4N6O5. The van der Waals surface area contributed by atoms with Crippen molar-refractivity contribution in [1.29, 1.82) is 0 Å². The van der Waals surface area contributed by atoms with Crippen molar-refractivity contribution >= 4 is 17.9 Å². The van der Waals surface area contributed by atoms with E-state index in [2.05, 4.69) is 15.3 Å². The lowest BCUT2D eigenvalue weighted by Crippen LogP contribution is -2.77. The number of ether oxygens (including phenoxy) is 1. The second kappa shape index (κ2) is 6.91. The van der Waals surface area contributed by atoms with Gasteiger partial charge in [-0.05, 0) is 18.2 Å². The van der Waals surface area contributed by atoms with Crippen molar-refractivity contribution in [2.45, 2.75) is 35.8 Å². The Hall–Kier alpha value is -3.17. The molecule has 1 fully saturated rings. The number of aliphatic hydroxyl groups is 3. The van der Waals surface area contributed by atoms with E-state index in [0.717, 1.165) is 4.90 Å². The average Bonchev–Trinajstić information content (AvgIpc) is 3.15. The fraction of sp³-hybridized carbons (Fsp3) is 0.471. The van der Waals surface area contributed by atoms with E-state index in [4.69, 9.17) is 16.2 Å². The van der Waals surface area contributed by atoms with Crippen LogP contribution < -0.4 is 16.8 Å². The summed E-state index contributed by atoms with van der Waals surface area (Å²) in [4.78, 5) is 21.7. The number of halogens is 4. The summed E-state index contributed by atoms with van der Waals surface area (Å²) in [6.07, 6.45) is -6.73. The number of aliphatic imine (C=N–C) groups is 2. The van der Waals surface area contributed by atoms with Crippen LogP contribution in [0.2, 0.25) is 0 Å². The van der Waals surface area contributed by atoms with Gasteiger partial charge in [-0.15, -0.1) is 0 Å². The maximum absolute atomic E-state index is 13.7. The van der Waals surface area contributed by atoms with Gasteiger partial charge in [0.25, 0.3) is 0 Å². The van der Waals surface area contributed by atoms with Crippen molar-refractivity contribution in [1.82, 2.24) is 10.2 Å². The number of guanidine groups is 2. The number of hydrogen-bond donors (Lipinski definition) is 6. The maximum Gasteiger partial charge on any atom is 0.416 e. The van der Waals surface area contributed by atoms with Crippen LogP contribution in [0.1, 0.15) is 15.9 Å². The van der Waals surface area contributed by atoms with Crippen LogP contribution in [0.25, 0.3) is 0 Å². The molecular weight excluding hydrogens is 444 g/mol. The summed E-state index contributed by atoms with van der Waals surface area (Å²) in [5.74, 6) is -6.22. The Morgan fingerprint density at radius 1 is 1.28 bits per heavy atom. The van der Waals surface area contributed by atoms with Gasteiger partial charge in [-0.3, -0.25) is 0 Å². The van der Waals surface area contributed by atoms with E-state index < -0.39 is 71.9 Å². The molecule has 1 unspecified atom stereocenters. The van der Waals surface area contributed by atoms with Crippen molar-refractivity contribution in [3.05, 3.63) is 35.1 Å². The average molecular weight is 462 g/mol. The SMILES string of the molecule is NC1=NC2[C@H](CO)N=C(N)N3C[C@H](OC(=O)c4cc(F)cc(C(F)(F)F)c4)C(O)(O)[C@]23N1. The smallest absolute Gasteiger partial charge is 0.416 e. The first-order valence-electron chi connectivity index (χ1n) is 9.18. The molecule has 0 aliphatic carbocycles. The van der Waals surface area contributed by atoms with Crippen LogP contribution in [0.3, 0.4) is 0 Å².